The molecule has 1 aromatic carbocycles. The molecular weight excluding hydrogens is 178 g/mol. The molecule has 0 aliphatic heterocycles. The third-order valence-electron chi connectivity index (χ3n) is 1.85. The number of nitrogens with zero attached hydrogens (tertiary/aromatic N) is 3. The molecular formula is C10H9N3O. The van der Waals surface area contributed by atoms with Gasteiger partial charge in [-0.1, -0.05) is 17.3 Å². The fraction of sp³-hybridized carbons (Fsp3) is 0. The third kappa shape index (κ3) is 1.64. The van der Waals surface area contributed by atoms with E-state index in [1.165, 1.54) is 6.21 Å². The first-order chi connectivity index (χ1) is 6.90. The van der Waals surface area contributed by atoms with Crippen LogP contribution in [0.3, 0.4) is 0 Å². The Kier molecular flexibility index (Phi) is 2.27. The number of benzene rings is 1. The first-order valence-electron chi connectivity index (χ1n) is 4.17. The van der Waals surface area contributed by atoms with Crippen LogP contribution in [0.2, 0.25) is 0 Å². The predicted octanol–water partition coefficient (Wildman–Crippen LogP) is 1.68. The van der Waals surface area contributed by atoms with Crippen LogP contribution in [0.15, 0.2) is 47.9 Å². The molecule has 1 heterocycles. The van der Waals surface area contributed by atoms with Crippen molar-refractivity contribution in [1.29, 1.82) is 0 Å². The number of hydrogen-bond acceptors (Lipinski definition) is 3. The van der Waals surface area contributed by atoms with E-state index in [0.29, 0.717) is 0 Å². The zero-order valence-corrected chi connectivity index (χ0v) is 7.41. The SMILES string of the molecule is ON=Cc1cccc(-n2cccn2)c1. The van der Waals surface area contributed by atoms with Crippen LogP contribution >= 0.6 is 0 Å². The van der Waals surface area contributed by atoms with Crippen molar-refractivity contribution in [2.24, 2.45) is 5.16 Å². The maximum atomic E-state index is 8.39. The van der Waals surface area contributed by atoms with Crippen molar-refractivity contribution in [1.82, 2.24) is 9.78 Å². The normalized spacial score (nSPS) is 10.9. The summed E-state index contributed by atoms with van der Waals surface area (Å²) in [4.78, 5) is 0. The first-order valence-corrected chi connectivity index (χ1v) is 4.17. The number of oxime groups is 1. The average molecular weight is 187 g/mol. The van der Waals surface area contributed by atoms with Crippen molar-refractivity contribution >= 4 is 6.21 Å². The average Bonchev–Trinajstić information content (AvgIpc) is 2.71. The highest BCUT2D eigenvalue weighted by Crippen LogP contribution is 2.07. The number of rotatable bonds is 2. The predicted molar refractivity (Wildman–Crippen MR) is 52.9 cm³/mol. The van der Waals surface area contributed by atoms with Gasteiger partial charge in [0.25, 0.3) is 0 Å². The Morgan fingerprint density at radius 1 is 1.36 bits per heavy atom. The van der Waals surface area contributed by atoms with E-state index in [1.54, 1.807) is 10.9 Å². The maximum absolute atomic E-state index is 8.39. The fourth-order valence-electron chi connectivity index (χ4n) is 1.24. The number of hydrogen-bond donors (Lipinski definition) is 1. The summed E-state index contributed by atoms with van der Waals surface area (Å²) >= 11 is 0. The molecule has 0 saturated heterocycles. The van der Waals surface area contributed by atoms with E-state index in [-0.39, 0.29) is 0 Å². The van der Waals surface area contributed by atoms with E-state index >= 15 is 0 Å². The van der Waals surface area contributed by atoms with Gasteiger partial charge in [-0.3, -0.25) is 0 Å². The Morgan fingerprint density at radius 2 is 2.29 bits per heavy atom. The van der Waals surface area contributed by atoms with Crippen LogP contribution in [0.25, 0.3) is 5.69 Å². The van der Waals surface area contributed by atoms with Crippen molar-refractivity contribution in [3.8, 4) is 5.69 Å². The van der Waals surface area contributed by atoms with Crippen molar-refractivity contribution in [3.05, 3.63) is 48.3 Å². The monoisotopic (exact) mass is 187 g/mol. The molecule has 1 aromatic heterocycles. The van der Waals surface area contributed by atoms with E-state index in [9.17, 15) is 0 Å². The van der Waals surface area contributed by atoms with Gasteiger partial charge in [0, 0.05) is 12.4 Å². The minimum absolute atomic E-state index is 0.834. The van der Waals surface area contributed by atoms with E-state index in [1.807, 2.05) is 36.5 Å². The lowest BCUT2D eigenvalue weighted by molar-refractivity contribution is 0.322. The highest BCUT2D eigenvalue weighted by Gasteiger charge is 1.95. The van der Waals surface area contributed by atoms with E-state index in [0.717, 1.165) is 11.3 Å². The summed E-state index contributed by atoms with van der Waals surface area (Å²) in [5, 5.41) is 15.5. The molecule has 4 nitrogen and oxygen atoms in total. The van der Waals surface area contributed by atoms with Gasteiger partial charge >= 0.3 is 0 Å². The Morgan fingerprint density at radius 3 is 3.00 bits per heavy atom. The zero-order valence-electron chi connectivity index (χ0n) is 7.41. The van der Waals surface area contributed by atoms with Gasteiger partial charge in [-0.2, -0.15) is 5.10 Å². The maximum Gasteiger partial charge on any atom is 0.0734 e. The molecule has 0 unspecified atom stereocenters. The molecule has 14 heavy (non-hydrogen) atoms. The molecule has 0 saturated carbocycles. The van der Waals surface area contributed by atoms with Crippen LogP contribution in [0.1, 0.15) is 5.56 Å². The largest absolute Gasteiger partial charge is 0.411 e. The van der Waals surface area contributed by atoms with Crippen LogP contribution < -0.4 is 0 Å². The molecule has 0 spiro atoms. The molecule has 0 radical (unpaired) electrons. The Bertz CT molecular complexity index is 434. The topological polar surface area (TPSA) is 50.4 Å². The molecule has 2 rings (SSSR count). The summed E-state index contributed by atoms with van der Waals surface area (Å²) in [7, 11) is 0. The molecule has 0 amide bonds. The second-order valence-electron chi connectivity index (χ2n) is 2.79. The minimum Gasteiger partial charge on any atom is -0.411 e. The second-order valence-corrected chi connectivity index (χ2v) is 2.79. The van der Waals surface area contributed by atoms with Gasteiger partial charge in [-0.25, -0.2) is 4.68 Å². The molecule has 0 aliphatic carbocycles. The quantitative estimate of drug-likeness (QED) is 0.441. The van der Waals surface area contributed by atoms with E-state index in [4.69, 9.17) is 5.21 Å². The van der Waals surface area contributed by atoms with Crippen molar-refractivity contribution < 1.29 is 5.21 Å². The molecule has 0 aliphatic rings. The van der Waals surface area contributed by atoms with E-state index in [2.05, 4.69) is 10.3 Å². The lowest BCUT2D eigenvalue weighted by Gasteiger charge is -2.01. The molecule has 2 aromatic rings. The highest BCUT2D eigenvalue weighted by atomic mass is 16.4. The van der Waals surface area contributed by atoms with Crippen LogP contribution in [-0.4, -0.2) is 21.2 Å². The molecule has 0 atom stereocenters. The lowest BCUT2D eigenvalue weighted by Crippen LogP contribution is -1.94. The molecule has 1 N–H and O–H groups in total. The van der Waals surface area contributed by atoms with E-state index < -0.39 is 0 Å². The summed E-state index contributed by atoms with van der Waals surface area (Å²) in [6.45, 7) is 0. The zero-order chi connectivity index (χ0) is 9.80. The standard InChI is InChI=1S/C10H9N3O/c14-12-8-9-3-1-4-10(7-9)13-6-2-5-11-13/h1-8,14H. The summed E-state index contributed by atoms with van der Waals surface area (Å²) in [5.41, 5.74) is 1.77. The highest BCUT2D eigenvalue weighted by molar-refractivity contribution is 5.79. The summed E-state index contributed by atoms with van der Waals surface area (Å²) in [5.74, 6) is 0. The van der Waals surface area contributed by atoms with Gasteiger partial charge < -0.3 is 5.21 Å². The summed E-state index contributed by atoms with van der Waals surface area (Å²) in [6.07, 6.45) is 4.95. The third-order valence-corrected chi connectivity index (χ3v) is 1.85. The van der Waals surface area contributed by atoms with Crippen molar-refractivity contribution in [3.63, 3.8) is 0 Å². The van der Waals surface area contributed by atoms with Crippen LogP contribution in [-0.2, 0) is 0 Å². The summed E-state index contributed by atoms with van der Waals surface area (Å²) < 4.78 is 1.74. The van der Waals surface area contributed by atoms with Crippen molar-refractivity contribution in [2.45, 2.75) is 0 Å². The second kappa shape index (κ2) is 3.74. The van der Waals surface area contributed by atoms with Crippen molar-refractivity contribution in [2.75, 3.05) is 0 Å². The Hall–Kier alpha value is -2.10. The molecule has 0 fully saturated rings. The molecule has 0 bridgehead atoms. The smallest absolute Gasteiger partial charge is 0.0734 e. The molecule has 4 heteroatoms. The van der Waals surface area contributed by atoms with Crippen LogP contribution in [0.4, 0.5) is 0 Å². The van der Waals surface area contributed by atoms with Gasteiger partial charge in [-0.15, -0.1) is 0 Å². The van der Waals surface area contributed by atoms with Gasteiger partial charge in [0.15, 0.2) is 0 Å². The first kappa shape index (κ1) is 8.50. The van der Waals surface area contributed by atoms with Gasteiger partial charge in [0.2, 0.25) is 0 Å². The van der Waals surface area contributed by atoms with Gasteiger partial charge in [-0.05, 0) is 23.8 Å². The lowest BCUT2D eigenvalue weighted by atomic mass is 10.2. The Balaban J connectivity index is 2.40. The van der Waals surface area contributed by atoms with Gasteiger partial charge in [0.1, 0.15) is 0 Å². The van der Waals surface area contributed by atoms with Gasteiger partial charge in [0.05, 0.1) is 11.9 Å². The Labute approximate surface area is 81.1 Å². The van der Waals surface area contributed by atoms with Crippen LogP contribution in [0, 0.1) is 0 Å². The van der Waals surface area contributed by atoms with Crippen LogP contribution in [0.5, 0.6) is 0 Å². The molecule has 70 valence electrons. The summed E-state index contributed by atoms with van der Waals surface area (Å²) in [6, 6.07) is 9.40. The fourth-order valence-corrected chi connectivity index (χ4v) is 1.24. The minimum atomic E-state index is 0.834. The number of aromatic nitrogens is 2.